The first-order valence-corrected chi connectivity index (χ1v) is 17.1. The fraction of sp³-hybridized carbons (Fsp3) is 0.800. The molecule has 0 aliphatic heterocycles. The molecule has 0 saturated heterocycles. The van der Waals surface area contributed by atoms with Crippen molar-refractivity contribution in [3.8, 4) is 0 Å². The highest BCUT2D eigenvalue weighted by Crippen LogP contribution is 2.14. The average Bonchev–Trinajstić information content (AvgIpc) is 3.04. The molecule has 0 atom stereocenters. The summed E-state index contributed by atoms with van der Waals surface area (Å²) in [7, 11) is 2.33. The van der Waals surface area contributed by atoms with E-state index in [1.165, 1.54) is 5.56 Å². The Morgan fingerprint density at radius 3 is 1.02 bits per heavy atom. The van der Waals surface area contributed by atoms with Gasteiger partial charge in [0.2, 0.25) is 0 Å². The number of benzene rings is 1. The molecule has 0 spiro atoms. The van der Waals surface area contributed by atoms with Gasteiger partial charge in [-0.1, -0.05) is 30.3 Å². The van der Waals surface area contributed by atoms with Gasteiger partial charge in [0.1, 0.15) is 0 Å². The molecule has 0 unspecified atom stereocenters. The Balaban J connectivity index is 1.66. The Morgan fingerprint density at radius 2 is 0.698 bits per heavy atom. The second kappa shape index (κ2) is 31.0. The van der Waals surface area contributed by atoms with Crippen molar-refractivity contribution in [2.45, 2.75) is 18.9 Å². The first-order chi connectivity index (χ1) is 21.3. The maximum Gasteiger partial charge on any atom is 0.500 e. The molecule has 1 rings (SSSR count). The topological polar surface area (TPSA) is 111 Å². The van der Waals surface area contributed by atoms with E-state index in [4.69, 9.17) is 55.9 Å². The predicted molar refractivity (Wildman–Crippen MR) is 164 cm³/mol. The van der Waals surface area contributed by atoms with Gasteiger partial charge < -0.3 is 55.9 Å². The zero-order valence-corrected chi connectivity index (χ0v) is 27.6. The van der Waals surface area contributed by atoms with Crippen molar-refractivity contribution in [1.82, 2.24) is 0 Å². The number of rotatable bonds is 34. The lowest BCUT2D eigenvalue weighted by Crippen LogP contribution is -2.42. The highest BCUT2D eigenvalue weighted by molar-refractivity contribution is 6.60. The minimum Gasteiger partial charge on any atom is -0.379 e. The first-order valence-electron chi connectivity index (χ1n) is 15.2. The summed E-state index contributed by atoms with van der Waals surface area (Å²) < 4.78 is 65.7. The third kappa shape index (κ3) is 24.9. The van der Waals surface area contributed by atoms with Crippen LogP contribution in [0, 0.1) is 0 Å². The van der Waals surface area contributed by atoms with Crippen LogP contribution in [0.1, 0.15) is 12.0 Å². The van der Waals surface area contributed by atoms with E-state index in [2.05, 4.69) is 12.1 Å². The van der Waals surface area contributed by atoms with Crippen molar-refractivity contribution < 1.29 is 55.9 Å². The van der Waals surface area contributed by atoms with E-state index < -0.39 is 8.80 Å². The minimum absolute atomic E-state index is 0.514. The summed E-state index contributed by atoms with van der Waals surface area (Å²) >= 11 is 0. The van der Waals surface area contributed by atoms with Gasteiger partial charge in [-0.3, -0.25) is 0 Å². The maximum absolute atomic E-state index is 5.58. The molecule has 1 aromatic rings. The van der Waals surface area contributed by atoms with E-state index in [0.717, 1.165) is 18.9 Å². The smallest absolute Gasteiger partial charge is 0.379 e. The van der Waals surface area contributed by atoms with Gasteiger partial charge in [-0.2, -0.15) is 0 Å². The largest absolute Gasteiger partial charge is 0.500 e. The molecule has 0 aromatic heterocycles. The Morgan fingerprint density at radius 1 is 0.395 bits per heavy atom. The van der Waals surface area contributed by atoms with E-state index in [1.807, 2.05) is 18.2 Å². The van der Waals surface area contributed by atoms with Crippen LogP contribution in [0.3, 0.4) is 0 Å². The van der Waals surface area contributed by atoms with Crippen molar-refractivity contribution in [3.63, 3.8) is 0 Å². The summed E-state index contributed by atoms with van der Waals surface area (Å²) in [6.07, 6.45) is 1.73. The summed E-state index contributed by atoms with van der Waals surface area (Å²) in [4.78, 5) is 0. The maximum atomic E-state index is 5.58. The van der Waals surface area contributed by atoms with Gasteiger partial charge in [0.15, 0.2) is 0 Å². The molecule has 0 aliphatic carbocycles. The minimum atomic E-state index is -2.50. The SMILES string of the molecule is CO[Si](CCCOCCOCCOCCOCCOCCOCCOCCOCCOCCc1ccccc1)(OC)OC. The molecule has 0 amide bonds. The fourth-order valence-electron chi connectivity index (χ4n) is 3.64. The van der Waals surface area contributed by atoms with Gasteiger partial charge in [-0.15, -0.1) is 0 Å². The van der Waals surface area contributed by atoms with Crippen LogP contribution in [0.15, 0.2) is 30.3 Å². The molecule has 252 valence electrons. The number of hydrogen-bond acceptors (Lipinski definition) is 12. The van der Waals surface area contributed by atoms with Crippen LogP contribution in [0.25, 0.3) is 0 Å². The van der Waals surface area contributed by atoms with Crippen molar-refractivity contribution >= 4 is 8.80 Å². The Hall–Kier alpha value is -1.04. The molecule has 13 heteroatoms. The Kier molecular flexibility index (Phi) is 28.8. The standard InChI is InChI=1S/C30H56O12Si/c1-31-43(32-2,33-3)29-7-11-34-13-15-36-17-19-38-21-23-40-25-27-42-28-26-41-24-22-39-20-18-37-16-14-35-12-10-30-8-5-4-6-9-30/h4-6,8-9H,7,10-29H2,1-3H3. The molecule has 12 nitrogen and oxygen atoms in total. The Bertz CT molecular complexity index is 676. The van der Waals surface area contributed by atoms with Gasteiger partial charge in [-0.25, -0.2) is 0 Å². The van der Waals surface area contributed by atoms with Crippen LogP contribution in [-0.2, 0) is 62.3 Å². The summed E-state index contributed by atoms with van der Waals surface area (Å²) in [5.74, 6) is 0. The zero-order valence-electron chi connectivity index (χ0n) is 26.6. The molecular formula is C30H56O12Si. The molecule has 43 heavy (non-hydrogen) atoms. The second-order valence-corrected chi connectivity index (χ2v) is 12.2. The quantitative estimate of drug-likeness (QED) is 0.0819. The van der Waals surface area contributed by atoms with Crippen molar-refractivity contribution in [3.05, 3.63) is 35.9 Å². The van der Waals surface area contributed by atoms with Crippen molar-refractivity contribution in [2.24, 2.45) is 0 Å². The van der Waals surface area contributed by atoms with E-state index in [0.29, 0.717) is 119 Å². The molecular weight excluding hydrogens is 580 g/mol. The molecule has 0 saturated carbocycles. The molecule has 0 fully saturated rings. The number of ether oxygens (including phenoxy) is 9. The van der Waals surface area contributed by atoms with Gasteiger partial charge in [0, 0.05) is 34.0 Å². The first kappa shape index (κ1) is 40.0. The normalized spacial score (nSPS) is 11.9. The van der Waals surface area contributed by atoms with Gasteiger partial charge >= 0.3 is 8.80 Å². The molecule has 0 bridgehead atoms. The highest BCUT2D eigenvalue weighted by Gasteiger charge is 2.36. The van der Waals surface area contributed by atoms with E-state index in [1.54, 1.807) is 21.3 Å². The summed E-state index contributed by atoms with van der Waals surface area (Å²) in [6.45, 7) is 9.80. The summed E-state index contributed by atoms with van der Waals surface area (Å²) in [6, 6.07) is 11.0. The zero-order chi connectivity index (χ0) is 30.9. The third-order valence-corrected chi connectivity index (χ3v) is 8.89. The highest BCUT2D eigenvalue weighted by atomic mass is 28.4. The van der Waals surface area contributed by atoms with Gasteiger partial charge in [0.25, 0.3) is 0 Å². The van der Waals surface area contributed by atoms with Crippen LogP contribution in [0.4, 0.5) is 0 Å². The van der Waals surface area contributed by atoms with Crippen LogP contribution < -0.4 is 0 Å². The molecule has 0 radical (unpaired) electrons. The molecule has 1 aromatic carbocycles. The van der Waals surface area contributed by atoms with Crippen LogP contribution in [0.5, 0.6) is 0 Å². The lowest BCUT2D eigenvalue weighted by Gasteiger charge is -2.24. The van der Waals surface area contributed by atoms with Gasteiger partial charge in [0.05, 0.1) is 112 Å². The van der Waals surface area contributed by atoms with Crippen LogP contribution in [0.2, 0.25) is 6.04 Å². The molecule has 0 aliphatic rings. The number of hydrogen-bond donors (Lipinski definition) is 0. The second-order valence-electron chi connectivity index (χ2n) is 9.15. The lowest BCUT2D eigenvalue weighted by atomic mass is 10.2. The van der Waals surface area contributed by atoms with Gasteiger partial charge in [-0.05, 0) is 18.4 Å². The predicted octanol–water partition coefficient (Wildman–Crippen LogP) is 2.65. The van der Waals surface area contributed by atoms with E-state index >= 15 is 0 Å². The molecule has 0 N–H and O–H groups in total. The van der Waals surface area contributed by atoms with E-state index in [-0.39, 0.29) is 0 Å². The molecule has 0 heterocycles. The fourth-order valence-corrected chi connectivity index (χ4v) is 5.33. The third-order valence-electron chi connectivity index (χ3n) is 6.06. The average molecular weight is 637 g/mol. The summed E-state index contributed by atoms with van der Waals surface area (Å²) in [5, 5.41) is 0. The van der Waals surface area contributed by atoms with Crippen molar-refractivity contribution in [2.75, 3.05) is 140 Å². The van der Waals surface area contributed by atoms with E-state index in [9.17, 15) is 0 Å². The van der Waals surface area contributed by atoms with Crippen LogP contribution >= 0.6 is 0 Å². The monoisotopic (exact) mass is 636 g/mol. The lowest BCUT2D eigenvalue weighted by molar-refractivity contribution is -0.0249. The van der Waals surface area contributed by atoms with Crippen LogP contribution in [-0.4, -0.2) is 149 Å². The summed E-state index contributed by atoms with van der Waals surface area (Å²) in [5.41, 5.74) is 1.28. The van der Waals surface area contributed by atoms with Crippen molar-refractivity contribution in [1.29, 1.82) is 0 Å². The Labute approximate surface area is 259 Å².